The monoisotopic (exact) mass is 368 g/mol. The van der Waals surface area contributed by atoms with Crippen molar-refractivity contribution < 1.29 is 9.53 Å². The van der Waals surface area contributed by atoms with Crippen molar-refractivity contribution in [1.29, 1.82) is 5.26 Å². The van der Waals surface area contributed by atoms with Crippen LogP contribution in [-0.4, -0.2) is 24.0 Å². The molecule has 134 valence electrons. The molecule has 1 aliphatic rings. The Labute approximate surface area is 156 Å². The van der Waals surface area contributed by atoms with E-state index in [0.717, 1.165) is 27.6 Å². The molecule has 0 saturated heterocycles. The average Bonchev–Trinajstić information content (AvgIpc) is 3.27. The third-order valence-corrected chi connectivity index (χ3v) is 5.17. The molecule has 1 amide bonds. The summed E-state index contributed by atoms with van der Waals surface area (Å²) in [6.45, 7) is 8.56. The van der Waals surface area contributed by atoms with Gasteiger partial charge in [0, 0.05) is 29.5 Å². The van der Waals surface area contributed by atoms with E-state index in [-0.39, 0.29) is 12.1 Å². The minimum absolute atomic E-state index is 0.179. The highest BCUT2D eigenvalue weighted by atomic mass is 32.1. The Balaban J connectivity index is 2.06. The van der Waals surface area contributed by atoms with Crippen molar-refractivity contribution in [3.8, 4) is 22.4 Å². The fourth-order valence-corrected chi connectivity index (χ4v) is 3.76. The van der Waals surface area contributed by atoms with Crippen LogP contribution < -0.4 is 15.8 Å². The Kier molecular flexibility index (Phi) is 4.96. The standard InChI is InChI=1S/C19H20N4O2S/c1-10(2)16-9-26-19(23-16)13-6-15(22-8-11(3)18(21)24)14(7-20)12-4-5-25-17(12)13/h6,9-10,22H,3-5,8H2,1-2H3,(H2,21,24). The van der Waals surface area contributed by atoms with Crippen molar-refractivity contribution in [2.75, 3.05) is 18.5 Å². The van der Waals surface area contributed by atoms with Crippen molar-refractivity contribution in [2.24, 2.45) is 5.73 Å². The third-order valence-electron chi connectivity index (χ3n) is 4.27. The van der Waals surface area contributed by atoms with Crippen LogP contribution in [0.3, 0.4) is 0 Å². The first-order valence-electron chi connectivity index (χ1n) is 8.32. The average molecular weight is 368 g/mol. The Hall–Kier alpha value is -2.85. The van der Waals surface area contributed by atoms with Gasteiger partial charge >= 0.3 is 0 Å². The molecule has 2 heterocycles. The molecule has 0 bridgehead atoms. The van der Waals surface area contributed by atoms with Crippen molar-refractivity contribution in [3.63, 3.8) is 0 Å². The van der Waals surface area contributed by atoms with Crippen LogP contribution in [-0.2, 0) is 11.2 Å². The molecule has 0 atom stereocenters. The predicted molar refractivity (Wildman–Crippen MR) is 102 cm³/mol. The van der Waals surface area contributed by atoms with Gasteiger partial charge in [-0.3, -0.25) is 4.79 Å². The molecule has 6 nitrogen and oxygen atoms in total. The number of nitriles is 1. The van der Waals surface area contributed by atoms with Crippen LogP contribution in [0.1, 0.15) is 36.6 Å². The van der Waals surface area contributed by atoms with Gasteiger partial charge in [0.15, 0.2) is 0 Å². The molecule has 0 aliphatic carbocycles. The predicted octanol–water partition coefficient (Wildman–Crippen LogP) is 3.19. The summed E-state index contributed by atoms with van der Waals surface area (Å²) in [4.78, 5) is 15.9. The topological polar surface area (TPSA) is 101 Å². The maximum absolute atomic E-state index is 11.2. The summed E-state index contributed by atoms with van der Waals surface area (Å²) in [7, 11) is 0. The number of primary amides is 1. The van der Waals surface area contributed by atoms with Crippen LogP contribution >= 0.6 is 11.3 Å². The number of thiazole rings is 1. The molecule has 1 aromatic carbocycles. The molecule has 1 aromatic heterocycles. The molecule has 3 rings (SSSR count). The van der Waals surface area contributed by atoms with Crippen molar-refractivity contribution in [2.45, 2.75) is 26.2 Å². The number of nitrogens with two attached hydrogens (primary N) is 1. The highest BCUT2D eigenvalue weighted by Crippen LogP contribution is 2.43. The number of fused-ring (bicyclic) bond motifs is 1. The van der Waals surface area contributed by atoms with E-state index in [9.17, 15) is 10.1 Å². The summed E-state index contributed by atoms with van der Waals surface area (Å²) in [6.07, 6.45) is 0.667. The maximum Gasteiger partial charge on any atom is 0.245 e. The van der Waals surface area contributed by atoms with E-state index in [1.54, 1.807) is 11.3 Å². The number of ether oxygens (including phenoxy) is 1. The first-order valence-corrected chi connectivity index (χ1v) is 9.20. The summed E-state index contributed by atoms with van der Waals surface area (Å²) < 4.78 is 5.81. The zero-order valence-electron chi connectivity index (χ0n) is 14.8. The van der Waals surface area contributed by atoms with Crippen molar-refractivity contribution >= 4 is 22.9 Å². The maximum atomic E-state index is 11.2. The number of hydrogen-bond donors (Lipinski definition) is 2. The first-order chi connectivity index (χ1) is 12.4. The van der Waals surface area contributed by atoms with Gasteiger partial charge in [0.25, 0.3) is 0 Å². The van der Waals surface area contributed by atoms with Gasteiger partial charge in [0.1, 0.15) is 16.8 Å². The Bertz CT molecular complexity index is 924. The normalized spacial score (nSPS) is 12.4. The van der Waals surface area contributed by atoms with Gasteiger partial charge in [-0.2, -0.15) is 5.26 Å². The summed E-state index contributed by atoms with van der Waals surface area (Å²) in [5, 5.41) is 15.6. The van der Waals surface area contributed by atoms with E-state index < -0.39 is 5.91 Å². The van der Waals surface area contributed by atoms with Gasteiger partial charge in [-0.25, -0.2) is 4.98 Å². The molecule has 7 heteroatoms. The molecule has 0 unspecified atom stereocenters. The molecule has 0 fully saturated rings. The number of amides is 1. The molecular weight excluding hydrogens is 348 g/mol. The Morgan fingerprint density at radius 1 is 1.58 bits per heavy atom. The lowest BCUT2D eigenvalue weighted by Gasteiger charge is -2.14. The summed E-state index contributed by atoms with van der Waals surface area (Å²) in [6, 6.07) is 4.11. The number of benzene rings is 1. The van der Waals surface area contributed by atoms with Gasteiger partial charge in [-0.1, -0.05) is 20.4 Å². The number of carbonyl (C=O) groups excluding carboxylic acids is 1. The Morgan fingerprint density at radius 3 is 2.96 bits per heavy atom. The lowest BCUT2D eigenvalue weighted by molar-refractivity contribution is -0.114. The fraction of sp³-hybridized carbons (Fsp3) is 0.316. The number of carbonyl (C=O) groups is 1. The Morgan fingerprint density at radius 2 is 2.35 bits per heavy atom. The van der Waals surface area contributed by atoms with Gasteiger partial charge in [-0.15, -0.1) is 11.3 Å². The molecule has 3 N–H and O–H groups in total. The molecule has 26 heavy (non-hydrogen) atoms. The van der Waals surface area contributed by atoms with Crippen LogP contribution in [0.2, 0.25) is 0 Å². The number of anilines is 1. The van der Waals surface area contributed by atoms with Gasteiger partial charge < -0.3 is 15.8 Å². The van der Waals surface area contributed by atoms with E-state index >= 15 is 0 Å². The second-order valence-corrected chi connectivity index (χ2v) is 7.28. The van der Waals surface area contributed by atoms with Gasteiger partial charge in [-0.05, 0) is 12.0 Å². The third kappa shape index (κ3) is 3.28. The van der Waals surface area contributed by atoms with E-state index in [1.165, 1.54) is 0 Å². The summed E-state index contributed by atoms with van der Waals surface area (Å²) in [5.74, 6) is 0.497. The minimum Gasteiger partial charge on any atom is -0.492 e. The van der Waals surface area contributed by atoms with Gasteiger partial charge in [0.2, 0.25) is 5.91 Å². The van der Waals surface area contributed by atoms with Gasteiger partial charge in [0.05, 0.1) is 29.1 Å². The van der Waals surface area contributed by atoms with E-state index in [0.29, 0.717) is 30.2 Å². The minimum atomic E-state index is -0.567. The molecule has 1 aliphatic heterocycles. The smallest absolute Gasteiger partial charge is 0.245 e. The van der Waals surface area contributed by atoms with E-state index in [4.69, 9.17) is 15.5 Å². The summed E-state index contributed by atoms with van der Waals surface area (Å²) in [5.41, 5.74) is 9.42. The van der Waals surface area contributed by atoms with Crippen LogP contribution in [0.4, 0.5) is 5.69 Å². The highest BCUT2D eigenvalue weighted by molar-refractivity contribution is 7.13. The second-order valence-electron chi connectivity index (χ2n) is 6.42. The molecule has 0 radical (unpaired) electrons. The second kappa shape index (κ2) is 7.18. The number of hydrogen-bond acceptors (Lipinski definition) is 6. The quantitative estimate of drug-likeness (QED) is 0.763. The van der Waals surface area contributed by atoms with Crippen molar-refractivity contribution in [3.05, 3.63) is 40.4 Å². The van der Waals surface area contributed by atoms with E-state index in [2.05, 4.69) is 31.8 Å². The van der Waals surface area contributed by atoms with E-state index in [1.807, 2.05) is 11.4 Å². The number of aromatic nitrogens is 1. The van der Waals surface area contributed by atoms with Crippen LogP contribution in [0, 0.1) is 11.3 Å². The fourth-order valence-electron chi connectivity index (χ4n) is 2.77. The van der Waals surface area contributed by atoms with Crippen LogP contribution in [0.5, 0.6) is 5.75 Å². The number of nitrogens with zero attached hydrogens (tertiary/aromatic N) is 2. The number of rotatable bonds is 6. The lowest BCUT2D eigenvalue weighted by atomic mass is 9.99. The highest BCUT2D eigenvalue weighted by Gasteiger charge is 2.26. The number of nitrogens with one attached hydrogen (secondary N) is 1. The molecule has 0 spiro atoms. The molecular formula is C19H20N4O2S. The van der Waals surface area contributed by atoms with Crippen molar-refractivity contribution in [1.82, 2.24) is 4.98 Å². The molecule has 2 aromatic rings. The summed E-state index contributed by atoms with van der Waals surface area (Å²) >= 11 is 1.55. The largest absolute Gasteiger partial charge is 0.492 e. The SMILES string of the molecule is C=C(CNc1cc(-c2nc(C(C)C)cs2)c2c(c1C#N)CCO2)C(N)=O. The van der Waals surface area contributed by atoms with Crippen LogP contribution in [0.25, 0.3) is 10.6 Å². The zero-order chi connectivity index (χ0) is 18.8. The molecule has 0 saturated carbocycles. The zero-order valence-corrected chi connectivity index (χ0v) is 15.6. The van der Waals surface area contributed by atoms with Crippen LogP contribution in [0.15, 0.2) is 23.6 Å². The first kappa shape index (κ1) is 18.0. The lowest BCUT2D eigenvalue weighted by Crippen LogP contribution is -2.19.